The molecule has 1 aliphatic heterocycles. The Labute approximate surface area is 142 Å². The molecule has 2 amide bonds. The van der Waals surface area contributed by atoms with Crippen LogP contribution in [0.15, 0.2) is 24.3 Å². The first-order valence-corrected chi connectivity index (χ1v) is 8.97. The third kappa shape index (κ3) is 3.99. The Morgan fingerprint density at radius 1 is 1.22 bits per heavy atom. The lowest BCUT2D eigenvalue weighted by molar-refractivity contribution is 0.130. The molecule has 23 heavy (non-hydrogen) atoms. The summed E-state index contributed by atoms with van der Waals surface area (Å²) in [5.74, 6) is 0.868. The highest BCUT2D eigenvalue weighted by Gasteiger charge is 2.31. The van der Waals surface area contributed by atoms with Crippen molar-refractivity contribution in [2.45, 2.75) is 38.1 Å². The molecular weight excluding hydrogens is 312 g/mol. The predicted molar refractivity (Wildman–Crippen MR) is 91.4 cm³/mol. The second-order valence-electron chi connectivity index (χ2n) is 6.78. The molecule has 1 atom stereocenters. The number of hydrogen-bond donors (Lipinski definition) is 2. The number of carbonyl (C=O) groups is 1. The summed E-state index contributed by atoms with van der Waals surface area (Å²) in [5.41, 5.74) is 1.14. The van der Waals surface area contributed by atoms with Gasteiger partial charge in [0.1, 0.15) is 0 Å². The zero-order chi connectivity index (χ0) is 16.2. The number of hydrogen-bond acceptors (Lipinski definition) is 2. The highest BCUT2D eigenvalue weighted by molar-refractivity contribution is 6.30. The van der Waals surface area contributed by atoms with Crippen LogP contribution in [0.25, 0.3) is 0 Å². The zero-order valence-corrected chi connectivity index (χ0v) is 14.1. The number of aliphatic hydroxyl groups is 1. The van der Waals surface area contributed by atoms with Crippen molar-refractivity contribution >= 4 is 17.6 Å². The molecule has 5 heteroatoms. The minimum absolute atomic E-state index is 0.0215. The summed E-state index contributed by atoms with van der Waals surface area (Å²) in [6, 6.07) is 7.91. The minimum atomic E-state index is 0.0215. The van der Waals surface area contributed by atoms with Gasteiger partial charge in [0.25, 0.3) is 0 Å². The van der Waals surface area contributed by atoms with Gasteiger partial charge in [0.2, 0.25) is 0 Å². The fraction of sp³-hybridized carbons (Fsp3) is 0.611. The molecule has 0 radical (unpaired) electrons. The van der Waals surface area contributed by atoms with Crippen LogP contribution in [0.1, 0.15) is 43.7 Å². The Balaban J connectivity index is 1.64. The van der Waals surface area contributed by atoms with Crippen LogP contribution >= 0.6 is 11.6 Å². The maximum atomic E-state index is 12.6. The van der Waals surface area contributed by atoms with Gasteiger partial charge in [-0.05, 0) is 55.2 Å². The summed E-state index contributed by atoms with van der Waals surface area (Å²) in [5, 5.41) is 13.2. The Morgan fingerprint density at radius 3 is 2.39 bits per heavy atom. The van der Waals surface area contributed by atoms with E-state index in [2.05, 4.69) is 5.32 Å². The quantitative estimate of drug-likeness (QED) is 0.882. The summed E-state index contributed by atoms with van der Waals surface area (Å²) in [7, 11) is 0. The van der Waals surface area contributed by atoms with Crippen molar-refractivity contribution in [3.63, 3.8) is 0 Å². The van der Waals surface area contributed by atoms with E-state index in [9.17, 15) is 9.90 Å². The lowest BCUT2D eigenvalue weighted by Gasteiger charge is -2.37. The monoisotopic (exact) mass is 336 g/mol. The van der Waals surface area contributed by atoms with E-state index in [1.807, 2.05) is 29.2 Å². The molecule has 1 aliphatic carbocycles. The van der Waals surface area contributed by atoms with Crippen LogP contribution < -0.4 is 5.32 Å². The Bertz CT molecular complexity index is 522. The third-order valence-corrected chi connectivity index (χ3v) is 5.54. The molecule has 2 N–H and O–H groups in total. The lowest BCUT2D eigenvalue weighted by Crippen LogP contribution is -2.47. The molecule has 1 unspecified atom stereocenters. The summed E-state index contributed by atoms with van der Waals surface area (Å²) in [4.78, 5) is 14.5. The van der Waals surface area contributed by atoms with Crippen molar-refractivity contribution in [3.8, 4) is 0 Å². The van der Waals surface area contributed by atoms with Gasteiger partial charge >= 0.3 is 6.03 Å². The van der Waals surface area contributed by atoms with E-state index in [0.717, 1.165) is 36.5 Å². The minimum Gasteiger partial charge on any atom is -0.396 e. The average molecular weight is 337 g/mol. The van der Waals surface area contributed by atoms with E-state index in [4.69, 9.17) is 11.6 Å². The Hall–Kier alpha value is -1.26. The van der Waals surface area contributed by atoms with Crippen LogP contribution in [0.5, 0.6) is 0 Å². The van der Waals surface area contributed by atoms with Gasteiger partial charge in [-0.1, -0.05) is 30.2 Å². The Kier molecular flexibility index (Phi) is 5.44. The molecule has 0 aromatic heterocycles. The van der Waals surface area contributed by atoms with Crippen molar-refractivity contribution in [1.82, 2.24) is 10.2 Å². The highest BCUT2D eigenvalue weighted by atomic mass is 35.5. The molecule has 1 aromatic carbocycles. The van der Waals surface area contributed by atoms with Gasteiger partial charge in [0.05, 0.1) is 6.04 Å². The fourth-order valence-corrected chi connectivity index (χ4v) is 3.59. The molecule has 3 rings (SSSR count). The SMILES string of the molecule is O=C(NC(c1ccc(Cl)cc1)C1CCC1)N1CCC(CO)CC1. The van der Waals surface area contributed by atoms with E-state index in [-0.39, 0.29) is 18.7 Å². The van der Waals surface area contributed by atoms with Gasteiger partial charge in [0.15, 0.2) is 0 Å². The second-order valence-corrected chi connectivity index (χ2v) is 7.22. The average Bonchev–Trinajstić information content (AvgIpc) is 2.53. The van der Waals surface area contributed by atoms with Gasteiger partial charge in [-0.15, -0.1) is 0 Å². The smallest absolute Gasteiger partial charge is 0.317 e. The number of benzene rings is 1. The van der Waals surface area contributed by atoms with Crippen molar-refractivity contribution < 1.29 is 9.90 Å². The van der Waals surface area contributed by atoms with Crippen LogP contribution in [0.3, 0.4) is 0 Å². The zero-order valence-electron chi connectivity index (χ0n) is 13.4. The maximum Gasteiger partial charge on any atom is 0.317 e. The van der Waals surface area contributed by atoms with E-state index < -0.39 is 0 Å². The largest absolute Gasteiger partial charge is 0.396 e. The molecule has 126 valence electrons. The second kappa shape index (κ2) is 7.54. The summed E-state index contributed by atoms with van der Waals surface area (Å²) in [6.07, 6.45) is 5.35. The first kappa shape index (κ1) is 16.6. The van der Waals surface area contributed by atoms with Crippen LogP contribution in [-0.4, -0.2) is 35.7 Å². The number of halogens is 1. The van der Waals surface area contributed by atoms with Crippen LogP contribution in [0, 0.1) is 11.8 Å². The number of carbonyl (C=O) groups excluding carboxylic acids is 1. The van der Waals surface area contributed by atoms with E-state index in [0.29, 0.717) is 11.8 Å². The molecule has 1 aromatic rings. The number of aliphatic hydroxyl groups excluding tert-OH is 1. The Morgan fingerprint density at radius 2 is 1.87 bits per heavy atom. The van der Waals surface area contributed by atoms with Crippen molar-refractivity contribution in [2.24, 2.45) is 11.8 Å². The molecule has 0 spiro atoms. The number of amides is 2. The fourth-order valence-electron chi connectivity index (χ4n) is 3.46. The van der Waals surface area contributed by atoms with Gasteiger partial charge < -0.3 is 15.3 Å². The number of nitrogens with zero attached hydrogens (tertiary/aromatic N) is 1. The predicted octanol–water partition coefficient (Wildman–Crippen LogP) is 3.60. The van der Waals surface area contributed by atoms with Crippen molar-refractivity contribution in [2.75, 3.05) is 19.7 Å². The molecule has 0 bridgehead atoms. The summed E-state index contributed by atoms with van der Waals surface area (Å²) >= 11 is 5.98. The first-order valence-electron chi connectivity index (χ1n) is 8.59. The molecule has 1 saturated carbocycles. The lowest BCUT2D eigenvalue weighted by atomic mass is 9.77. The van der Waals surface area contributed by atoms with Crippen LogP contribution in [-0.2, 0) is 0 Å². The van der Waals surface area contributed by atoms with E-state index in [1.54, 1.807) is 0 Å². The molecule has 4 nitrogen and oxygen atoms in total. The third-order valence-electron chi connectivity index (χ3n) is 5.29. The van der Waals surface area contributed by atoms with Crippen molar-refractivity contribution in [1.29, 1.82) is 0 Å². The van der Waals surface area contributed by atoms with Crippen LogP contribution in [0.4, 0.5) is 4.79 Å². The number of piperidine rings is 1. The van der Waals surface area contributed by atoms with Crippen molar-refractivity contribution in [3.05, 3.63) is 34.9 Å². The van der Waals surface area contributed by atoms with E-state index >= 15 is 0 Å². The number of urea groups is 1. The number of likely N-dealkylation sites (tertiary alicyclic amines) is 1. The highest BCUT2D eigenvalue weighted by Crippen LogP contribution is 2.38. The standard InChI is InChI=1S/C18H25ClN2O2/c19-16-6-4-15(5-7-16)17(14-2-1-3-14)20-18(23)21-10-8-13(12-22)9-11-21/h4-7,13-14,17,22H,1-3,8-12H2,(H,20,23). The van der Waals surface area contributed by atoms with E-state index in [1.165, 1.54) is 19.3 Å². The van der Waals surface area contributed by atoms with Crippen LogP contribution in [0.2, 0.25) is 5.02 Å². The molecule has 2 aliphatic rings. The molecular formula is C18H25ClN2O2. The molecule has 1 saturated heterocycles. The number of nitrogens with one attached hydrogen (secondary N) is 1. The molecule has 1 heterocycles. The van der Waals surface area contributed by atoms with Gasteiger partial charge in [-0.25, -0.2) is 4.79 Å². The van der Waals surface area contributed by atoms with Gasteiger partial charge in [-0.2, -0.15) is 0 Å². The maximum absolute atomic E-state index is 12.6. The van der Waals surface area contributed by atoms with Gasteiger partial charge in [0, 0.05) is 24.7 Å². The molecule has 2 fully saturated rings. The first-order chi connectivity index (χ1) is 11.2. The van der Waals surface area contributed by atoms with Gasteiger partial charge in [-0.3, -0.25) is 0 Å². The summed E-state index contributed by atoms with van der Waals surface area (Å²) in [6.45, 7) is 1.69. The topological polar surface area (TPSA) is 52.6 Å². The normalized spacial score (nSPS) is 20.9. The summed E-state index contributed by atoms with van der Waals surface area (Å²) < 4.78 is 0. The number of rotatable bonds is 4.